The van der Waals surface area contributed by atoms with Gasteiger partial charge in [0.05, 0.1) is 11.8 Å². The SMILES string of the molecule is CC(C)(C)[C@@H](C(=O)N1CC(O)CC1C(=O)NC(C(N)=O)c1cccc(Br)c1)n1cc(C2CC2)nn1. The third-order valence-corrected chi connectivity index (χ3v) is 6.95. The summed E-state index contributed by atoms with van der Waals surface area (Å²) in [7, 11) is 0. The maximum atomic E-state index is 13.8. The number of halogens is 1. The normalized spacial score (nSPS) is 22.0. The van der Waals surface area contributed by atoms with E-state index in [9.17, 15) is 19.5 Å². The van der Waals surface area contributed by atoms with Crippen LogP contribution in [0.4, 0.5) is 0 Å². The number of amides is 3. The Bertz CT molecular complexity index is 1130. The molecule has 188 valence electrons. The first-order valence-electron chi connectivity index (χ1n) is 11.7. The van der Waals surface area contributed by atoms with E-state index in [1.807, 2.05) is 27.0 Å². The van der Waals surface area contributed by atoms with Gasteiger partial charge in [-0.3, -0.25) is 14.4 Å². The zero-order valence-corrected chi connectivity index (χ0v) is 21.6. The van der Waals surface area contributed by atoms with Gasteiger partial charge in [-0.1, -0.05) is 54.0 Å². The van der Waals surface area contributed by atoms with E-state index in [4.69, 9.17) is 5.73 Å². The number of carbonyl (C=O) groups excluding carboxylic acids is 3. The van der Waals surface area contributed by atoms with Crippen LogP contribution in [0.1, 0.15) is 69.3 Å². The van der Waals surface area contributed by atoms with Gasteiger partial charge in [0, 0.05) is 29.6 Å². The molecule has 11 heteroatoms. The predicted octanol–water partition coefficient (Wildman–Crippen LogP) is 1.81. The highest BCUT2D eigenvalue weighted by Crippen LogP contribution is 2.40. The smallest absolute Gasteiger partial charge is 0.248 e. The molecule has 2 aliphatic rings. The van der Waals surface area contributed by atoms with Crippen LogP contribution in [0.5, 0.6) is 0 Å². The quantitative estimate of drug-likeness (QED) is 0.483. The predicted molar refractivity (Wildman–Crippen MR) is 131 cm³/mol. The van der Waals surface area contributed by atoms with Crippen molar-refractivity contribution >= 4 is 33.7 Å². The van der Waals surface area contributed by atoms with Gasteiger partial charge < -0.3 is 21.1 Å². The summed E-state index contributed by atoms with van der Waals surface area (Å²) in [6.45, 7) is 5.77. The van der Waals surface area contributed by atoms with E-state index in [-0.39, 0.29) is 18.9 Å². The standard InChI is InChI=1S/C24H31BrN6O4/c1-24(2,3)20(31-12-17(28-29-31)13-7-8-13)23(35)30-11-16(32)10-18(30)22(34)27-19(21(26)33)14-5-4-6-15(25)9-14/h4-6,9,12-13,16,18-20,32H,7-8,10-11H2,1-3H3,(H2,26,33)(H,27,34)/t16?,18?,19?,20-/m1/s1. The fourth-order valence-corrected chi connectivity index (χ4v) is 4.99. The second kappa shape index (κ2) is 9.69. The Morgan fingerprint density at radius 1 is 1.26 bits per heavy atom. The molecule has 0 radical (unpaired) electrons. The lowest BCUT2D eigenvalue weighted by atomic mass is 9.85. The number of benzene rings is 1. The summed E-state index contributed by atoms with van der Waals surface area (Å²) in [5.74, 6) is -1.23. The molecule has 1 aromatic carbocycles. The molecular weight excluding hydrogens is 516 g/mol. The molecule has 1 aromatic heterocycles. The summed E-state index contributed by atoms with van der Waals surface area (Å²) in [4.78, 5) is 40.7. The molecule has 1 saturated carbocycles. The minimum absolute atomic E-state index is 0.00576. The topological polar surface area (TPSA) is 143 Å². The number of hydrogen-bond donors (Lipinski definition) is 3. The number of aliphatic hydroxyl groups excluding tert-OH is 1. The number of aromatic nitrogens is 3. The molecule has 4 rings (SSSR count). The highest BCUT2D eigenvalue weighted by molar-refractivity contribution is 9.10. The van der Waals surface area contributed by atoms with E-state index < -0.39 is 41.5 Å². The number of rotatable bonds is 7. The Labute approximate surface area is 212 Å². The average Bonchev–Trinajstić information content (AvgIpc) is 3.38. The van der Waals surface area contributed by atoms with Crippen molar-refractivity contribution in [3.63, 3.8) is 0 Å². The molecule has 3 amide bonds. The van der Waals surface area contributed by atoms with Crippen molar-refractivity contribution in [2.75, 3.05) is 6.54 Å². The molecule has 0 spiro atoms. The van der Waals surface area contributed by atoms with E-state index in [2.05, 4.69) is 31.6 Å². The lowest BCUT2D eigenvalue weighted by Crippen LogP contribution is -2.52. The number of nitrogens with one attached hydrogen (secondary N) is 1. The second-order valence-corrected chi connectivity index (χ2v) is 11.4. The highest BCUT2D eigenvalue weighted by Gasteiger charge is 2.46. The molecule has 10 nitrogen and oxygen atoms in total. The van der Waals surface area contributed by atoms with E-state index >= 15 is 0 Å². The lowest BCUT2D eigenvalue weighted by molar-refractivity contribution is -0.144. The molecule has 1 saturated heterocycles. The summed E-state index contributed by atoms with van der Waals surface area (Å²) in [5.41, 5.74) is 6.42. The van der Waals surface area contributed by atoms with Crippen molar-refractivity contribution < 1.29 is 19.5 Å². The summed E-state index contributed by atoms with van der Waals surface area (Å²) in [6, 6.07) is 4.15. The van der Waals surface area contributed by atoms with Gasteiger partial charge in [-0.15, -0.1) is 5.10 Å². The molecule has 35 heavy (non-hydrogen) atoms. The van der Waals surface area contributed by atoms with Crippen molar-refractivity contribution in [3.8, 4) is 0 Å². The fourth-order valence-electron chi connectivity index (χ4n) is 4.57. The third-order valence-electron chi connectivity index (χ3n) is 6.46. The van der Waals surface area contributed by atoms with Crippen LogP contribution in [-0.4, -0.2) is 61.4 Å². The molecule has 3 unspecified atom stereocenters. The van der Waals surface area contributed by atoms with Crippen LogP contribution >= 0.6 is 15.9 Å². The maximum absolute atomic E-state index is 13.8. The fraction of sp³-hybridized carbons (Fsp3) is 0.542. The van der Waals surface area contributed by atoms with Gasteiger partial charge in [0.2, 0.25) is 17.7 Å². The van der Waals surface area contributed by atoms with Crippen molar-refractivity contribution in [1.82, 2.24) is 25.2 Å². The average molecular weight is 547 g/mol. The van der Waals surface area contributed by atoms with Gasteiger partial charge in [-0.25, -0.2) is 4.68 Å². The molecule has 0 bridgehead atoms. The summed E-state index contributed by atoms with van der Waals surface area (Å²) in [5, 5.41) is 21.6. The van der Waals surface area contributed by atoms with Crippen LogP contribution in [-0.2, 0) is 14.4 Å². The van der Waals surface area contributed by atoms with Crippen LogP contribution in [0, 0.1) is 5.41 Å². The van der Waals surface area contributed by atoms with E-state index in [0.29, 0.717) is 11.5 Å². The minimum Gasteiger partial charge on any atom is -0.391 e. The summed E-state index contributed by atoms with van der Waals surface area (Å²) in [6.07, 6.45) is 3.12. The number of primary amides is 1. The number of nitrogens with zero attached hydrogens (tertiary/aromatic N) is 4. The Kier molecular flexibility index (Phi) is 7.01. The van der Waals surface area contributed by atoms with Crippen molar-refractivity contribution in [2.24, 2.45) is 11.1 Å². The van der Waals surface area contributed by atoms with Crippen LogP contribution < -0.4 is 11.1 Å². The molecule has 2 fully saturated rings. The van der Waals surface area contributed by atoms with Crippen molar-refractivity contribution in [1.29, 1.82) is 0 Å². The summed E-state index contributed by atoms with van der Waals surface area (Å²) >= 11 is 3.36. The number of β-amino-alcohol motifs (C(OH)–C–C–N with tert-alkyl or cyclic N) is 1. The number of hydrogen-bond acceptors (Lipinski definition) is 6. The van der Waals surface area contributed by atoms with Crippen LogP contribution in [0.2, 0.25) is 0 Å². The van der Waals surface area contributed by atoms with E-state index in [0.717, 1.165) is 23.0 Å². The largest absolute Gasteiger partial charge is 0.391 e. The van der Waals surface area contributed by atoms with Crippen LogP contribution in [0.25, 0.3) is 0 Å². The molecule has 4 atom stereocenters. The zero-order valence-electron chi connectivity index (χ0n) is 20.0. The van der Waals surface area contributed by atoms with Gasteiger partial charge in [0.25, 0.3) is 0 Å². The number of aliphatic hydroxyl groups is 1. The van der Waals surface area contributed by atoms with Crippen LogP contribution in [0.15, 0.2) is 34.9 Å². The molecular formula is C24H31BrN6O4. The molecule has 4 N–H and O–H groups in total. The molecule has 1 aliphatic carbocycles. The zero-order chi connectivity index (χ0) is 25.5. The highest BCUT2D eigenvalue weighted by atomic mass is 79.9. The van der Waals surface area contributed by atoms with Gasteiger partial charge >= 0.3 is 0 Å². The Morgan fingerprint density at radius 3 is 2.57 bits per heavy atom. The molecule has 1 aliphatic heterocycles. The van der Waals surface area contributed by atoms with Gasteiger partial charge in [-0.2, -0.15) is 0 Å². The van der Waals surface area contributed by atoms with Gasteiger partial charge in [0.1, 0.15) is 18.1 Å². The van der Waals surface area contributed by atoms with Gasteiger partial charge in [-0.05, 0) is 36.0 Å². The first-order chi connectivity index (χ1) is 16.5. The number of carbonyl (C=O) groups is 3. The third kappa shape index (κ3) is 5.56. The maximum Gasteiger partial charge on any atom is 0.248 e. The van der Waals surface area contributed by atoms with Crippen molar-refractivity contribution in [2.45, 2.75) is 70.2 Å². The van der Waals surface area contributed by atoms with E-state index in [1.54, 1.807) is 28.9 Å². The second-order valence-electron chi connectivity index (χ2n) is 10.5. The number of nitrogens with two attached hydrogens (primary N) is 1. The monoisotopic (exact) mass is 546 g/mol. The molecule has 2 aromatic rings. The minimum atomic E-state index is -1.08. The van der Waals surface area contributed by atoms with Gasteiger partial charge in [0.15, 0.2) is 0 Å². The van der Waals surface area contributed by atoms with Crippen molar-refractivity contribution in [3.05, 3.63) is 46.2 Å². The number of likely N-dealkylation sites (tertiary alicyclic amines) is 1. The first kappa shape index (κ1) is 25.3. The Morgan fingerprint density at radius 2 is 1.97 bits per heavy atom. The summed E-state index contributed by atoms with van der Waals surface area (Å²) < 4.78 is 2.30. The first-order valence-corrected chi connectivity index (χ1v) is 12.5. The molecule has 2 heterocycles. The lowest BCUT2D eigenvalue weighted by Gasteiger charge is -2.34. The Balaban J connectivity index is 1.58. The Hall–Kier alpha value is -2.79. The van der Waals surface area contributed by atoms with E-state index in [1.165, 1.54) is 4.90 Å². The van der Waals surface area contributed by atoms with Crippen LogP contribution in [0.3, 0.4) is 0 Å².